The molecular weight excluding hydrogens is 1430 g/mol. The summed E-state index contributed by atoms with van der Waals surface area (Å²) in [6.45, 7) is 22.5. The van der Waals surface area contributed by atoms with E-state index in [9.17, 15) is 10.5 Å². The van der Waals surface area contributed by atoms with Crippen LogP contribution >= 0.6 is 31.9 Å². The Hall–Kier alpha value is -14.1. The molecule has 0 amide bonds. The summed E-state index contributed by atoms with van der Waals surface area (Å²) in [5.74, 6) is 3.09. The number of halogens is 2. The summed E-state index contributed by atoms with van der Waals surface area (Å²) in [6.07, 6.45) is 8.17. The van der Waals surface area contributed by atoms with Gasteiger partial charge in [-0.05, 0) is 238 Å². The summed E-state index contributed by atoms with van der Waals surface area (Å²) in [5, 5.41) is 32.2. The number of hydrogen-bond acceptors (Lipinski definition) is 9. The zero-order valence-corrected chi connectivity index (χ0v) is 58.1. The molecule has 14 nitrogen and oxygen atoms in total. The molecule has 0 saturated carbocycles. The Labute approximate surface area is 617 Å². The molecule has 0 atom stereocenters. The Balaban J connectivity index is 0.000000137. The first kappa shape index (κ1) is 61.9. The molecule has 2 aliphatic heterocycles. The van der Waals surface area contributed by atoms with Gasteiger partial charge in [-0.1, -0.05) is 86.5 Å². The van der Waals surface area contributed by atoms with Crippen molar-refractivity contribution in [3.63, 3.8) is 0 Å². The molecule has 16 aromatic rings. The maximum atomic E-state index is 9.86. The first-order chi connectivity index (χ1) is 51.5. The van der Waals surface area contributed by atoms with Gasteiger partial charge in [0.05, 0.1) is 110 Å². The third kappa shape index (κ3) is 9.13. The van der Waals surface area contributed by atoms with Crippen LogP contribution in [0.3, 0.4) is 0 Å². The quantitative estimate of drug-likeness (QED) is 0.153. The lowest BCUT2D eigenvalue weighted by atomic mass is 9.66. The van der Waals surface area contributed by atoms with Crippen molar-refractivity contribution in [2.45, 2.75) is 17.3 Å². The average molecular weight is 1470 g/mol. The van der Waals surface area contributed by atoms with Crippen molar-refractivity contribution < 1.29 is 9.47 Å². The number of nitrogens with zero attached hydrogens (tertiary/aromatic N) is 12. The van der Waals surface area contributed by atoms with E-state index in [1.54, 1.807) is 12.4 Å². The highest BCUT2D eigenvalue weighted by Gasteiger charge is 2.54. The molecule has 0 unspecified atom stereocenters. The first-order valence-electron chi connectivity index (χ1n) is 33.4. The third-order valence-electron chi connectivity index (χ3n) is 20.8. The molecule has 0 bridgehead atoms. The van der Waals surface area contributed by atoms with E-state index in [4.69, 9.17) is 54.4 Å². The molecule has 0 radical (unpaired) electrons. The van der Waals surface area contributed by atoms with E-state index in [-0.39, 0.29) is 0 Å². The van der Waals surface area contributed by atoms with Crippen LogP contribution in [-0.4, -0.2) is 29.1 Å². The van der Waals surface area contributed by atoms with Crippen LogP contribution in [-0.2, 0) is 17.3 Å². The van der Waals surface area contributed by atoms with Gasteiger partial charge in [0.1, 0.15) is 23.0 Å². The molecular formula is C89H44Br2N12O2. The summed E-state index contributed by atoms with van der Waals surface area (Å²) in [6, 6.07) is 82.5. The van der Waals surface area contributed by atoms with Crippen LogP contribution in [0, 0.1) is 53.7 Å². The van der Waals surface area contributed by atoms with Gasteiger partial charge in [0.15, 0.2) is 17.1 Å². The molecule has 5 aliphatic rings. The number of nitriles is 3. The number of rotatable bonds is 2. The predicted molar refractivity (Wildman–Crippen MR) is 411 cm³/mol. The number of benzene rings is 10. The summed E-state index contributed by atoms with van der Waals surface area (Å²) >= 11 is 7.32. The predicted octanol–water partition coefficient (Wildman–Crippen LogP) is 22.1. The molecule has 0 saturated heterocycles. The number of fused-ring (bicyclic) bond motifs is 27. The van der Waals surface area contributed by atoms with Crippen LogP contribution in [0.5, 0.6) is 23.0 Å². The highest BCUT2D eigenvalue weighted by atomic mass is 79.9. The van der Waals surface area contributed by atoms with Gasteiger partial charge >= 0.3 is 0 Å². The van der Waals surface area contributed by atoms with Gasteiger partial charge < -0.3 is 18.6 Å². The van der Waals surface area contributed by atoms with Crippen LogP contribution < -0.4 is 9.47 Å². The van der Waals surface area contributed by atoms with Crippen molar-refractivity contribution in [3.8, 4) is 86.5 Å². The highest BCUT2D eigenvalue weighted by Crippen LogP contribution is 2.64. The molecule has 8 heterocycles. The molecule has 2 spiro atoms. The second-order valence-corrected chi connectivity index (χ2v) is 27.9. The second kappa shape index (κ2) is 23.8. The van der Waals surface area contributed by atoms with E-state index < -0.39 is 10.8 Å². The first-order valence-corrected chi connectivity index (χ1v) is 35.0. The van der Waals surface area contributed by atoms with Crippen LogP contribution in [0.2, 0.25) is 0 Å². The smallest absolute Gasteiger partial charge is 0.188 e. The number of pyridine rings is 4. The minimum atomic E-state index is -0.920. The van der Waals surface area contributed by atoms with Crippen molar-refractivity contribution in [1.29, 1.82) is 15.8 Å². The fourth-order valence-corrected chi connectivity index (χ4v) is 17.3. The second-order valence-electron chi connectivity index (χ2n) is 26.0. The Bertz CT molecular complexity index is 6320. The Morgan fingerprint density at radius 3 is 1.10 bits per heavy atom. The fourth-order valence-electron chi connectivity index (χ4n) is 16.6. The van der Waals surface area contributed by atoms with Crippen LogP contribution in [0.25, 0.3) is 103 Å². The molecule has 486 valence electrons. The van der Waals surface area contributed by atoms with Gasteiger partial charge in [-0.2, -0.15) is 15.8 Å². The molecule has 21 rings (SSSR count). The standard InChI is InChI=1S/C51H24N8O.C23H12Br2N2O.C15H8N2/c1-54-31-9-15-45-37(23-31)38-24-32(55-2)10-16-46(38)59(45)34-12-18-48-42(26-34)51(39-5-3-19-56-49(39)50-40(51)6-4-20-57-50)41-25-33(11-17-47(41)60-48)58-43-13-7-29(27-52)21-35(43)36-22-30(28-53)8-14-44(36)58;24-13-5-7-19-17(11-13)23(18-12-14(25)6-8-20(18)28-19)15-3-1-9-26-21(15)22-16(23)4-2-10-27-22;1-17-13-5-4-12-7-11-3-2-10(9-16)6-14(11)15(12)8-13/h3-26H;1-12H;2-6,8H,7H2. The van der Waals surface area contributed by atoms with Gasteiger partial charge in [-0.3, -0.25) is 19.9 Å². The Kier molecular flexibility index (Phi) is 14.0. The number of hydrogen-bond donors (Lipinski definition) is 0. The van der Waals surface area contributed by atoms with E-state index in [1.807, 2.05) is 182 Å². The van der Waals surface area contributed by atoms with Crippen LogP contribution in [0.15, 0.2) is 264 Å². The molecule has 105 heavy (non-hydrogen) atoms. The summed E-state index contributed by atoms with van der Waals surface area (Å²) < 4.78 is 19.6. The Morgan fingerprint density at radius 2 is 0.686 bits per heavy atom. The normalized spacial score (nSPS) is 13.1. The monoisotopic (exact) mass is 1470 g/mol. The maximum Gasteiger partial charge on any atom is 0.188 e. The van der Waals surface area contributed by atoms with Gasteiger partial charge in [-0.25, -0.2) is 14.5 Å². The maximum absolute atomic E-state index is 9.86. The van der Waals surface area contributed by atoms with E-state index in [1.165, 1.54) is 11.1 Å². The Morgan fingerprint density at radius 1 is 0.352 bits per heavy atom. The fraction of sp³-hybridized carbons (Fsp3) is 0.0337. The van der Waals surface area contributed by atoms with Gasteiger partial charge in [0.25, 0.3) is 0 Å². The zero-order valence-electron chi connectivity index (χ0n) is 54.9. The molecule has 0 N–H and O–H groups in total. The van der Waals surface area contributed by atoms with E-state index >= 15 is 0 Å². The van der Waals surface area contributed by atoms with Crippen molar-refractivity contribution in [2.75, 3.05) is 0 Å². The lowest BCUT2D eigenvalue weighted by molar-refractivity contribution is 0.435. The topological polar surface area (TPSA) is 164 Å². The minimum Gasteiger partial charge on any atom is -0.457 e. The lowest BCUT2D eigenvalue weighted by Crippen LogP contribution is -2.32. The summed E-state index contributed by atoms with van der Waals surface area (Å²) in [4.78, 5) is 30.2. The molecule has 6 aromatic heterocycles. The lowest BCUT2D eigenvalue weighted by Gasteiger charge is -2.39. The zero-order chi connectivity index (χ0) is 71.0. The third-order valence-corrected chi connectivity index (χ3v) is 21.8. The SMILES string of the molecule is Brc1ccc2c(c1)C1(c3cc(Br)ccc3O2)c2cccnc2-c2ncccc21.[C-]#[N+]c1ccc2c(c1)-c1cc(C#N)ccc1C2.[C-]#[N+]c1ccc2c(c1)c1cc([N+]#[C-])ccc1n2-c1ccc2c(c1)C1(c3cc(-n4c5ccc(C#N)cc5c5cc(C#N)ccc54)ccc3O2)c2cccnc2-c2ncccc21. The summed E-state index contributed by atoms with van der Waals surface area (Å²) in [7, 11) is 0. The van der Waals surface area contributed by atoms with Gasteiger partial charge in [0.2, 0.25) is 0 Å². The van der Waals surface area contributed by atoms with E-state index in [0.29, 0.717) is 45.3 Å². The van der Waals surface area contributed by atoms with Crippen molar-refractivity contribution >= 4 is 92.5 Å². The molecule has 10 aromatic carbocycles. The van der Waals surface area contributed by atoms with Gasteiger partial charge in [0, 0.05) is 78.1 Å². The highest BCUT2D eigenvalue weighted by molar-refractivity contribution is 9.10. The van der Waals surface area contributed by atoms with E-state index in [0.717, 1.165) is 160 Å². The summed E-state index contributed by atoms with van der Waals surface area (Å²) in [5.41, 5.74) is 23.7. The average Bonchev–Trinajstić information content (AvgIpc) is 1.57. The molecule has 3 aliphatic carbocycles. The minimum absolute atomic E-state index is 0.524. The number of ether oxygens (including phenoxy) is 2. The molecule has 0 fully saturated rings. The van der Waals surface area contributed by atoms with Crippen LogP contribution in [0.1, 0.15) is 72.3 Å². The van der Waals surface area contributed by atoms with Gasteiger partial charge in [-0.15, -0.1) is 0 Å². The molecule has 16 heteroatoms. The van der Waals surface area contributed by atoms with Crippen LogP contribution in [0.4, 0.5) is 17.1 Å². The van der Waals surface area contributed by atoms with Crippen molar-refractivity contribution in [3.05, 3.63) is 371 Å². The van der Waals surface area contributed by atoms with E-state index in [2.05, 4.69) is 134 Å². The van der Waals surface area contributed by atoms with Crippen molar-refractivity contribution in [1.82, 2.24) is 29.1 Å². The number of aromatic nitrogens is 6. The largest absolute Gasteiger partial charge is 0.457 e. The van der Waals surface area contributed by atoms with Crippen molar-refractivity contribution in [2.24, 2.45) is 0 Å².